The Morgan fingerprint density at radius 2 is 2.00 bits per heavy atom. The molecule has 28 heavy (non-hydrogen) atoms. The number of aryl methyl sites for hydroxylation is 2. The van der Waals surface area contributed by atoms with Crippen molar-refractivity contribution in [1.29, 1.82) is 0 Å². The van der Waals surface area contributed by atoms with Crippen LogP contribution in [0, 0.1) is 13.8 Å². The van der Waals surface area contributed by atoms with Crippen LogP contribution in [-0.2, 0) is 6.54 Å². The molecule has 146 valence electrons. The quantitative estimate of drug-likeness (QED) is 0.592. The molecule has 0 atom stereocenters. The Labute approximate surface area is 170 Å². The van der Waals surface area contributed by atoms with E-state index in [2.05, 4.69) is 10.4 Å². The van der Waals surface area contributed by atoms with Gasteiger partial charge in [-0.3, -0.25) is 9.48 Å². The maximum Gasteiger partial charge on any atom is 0.255 e. The van der Waals surface area contributed by atoms with Gasteiger partial charge in [-0.05, 0) is 62.2 Å². The first-order valence-corrected chi connectivity index (χ1v) is 9.67. The van der Waals surface area contributed by atoms with Gasteiger partial charge in [0.2, 0.25) is 0 Å². The topological polar surface area (TPSA) is 56.1 Å². The number of halogens is 1. The molecule has 1 aromatic heterocycles. The summed E-state index contributed by atoms with van der Waals surface area (Å²) in [4.78, 5) is 12.8. The van der Waals surface area contributed by atoms with Crippen LogP contribution >= 0.6 is 11.6 Å². The molecule has 3 rings (SSSR count). The standard InChI is InChI=1S/C22H24ClN3O2/c1-4-10-28-21-9-8-19(23)13-20(21)24-22(27)18-7-5-6-17(12-18)14-26-16(3)11-15(2)25-26/h5-9,11-13H,4,10,14H2,1-3H3,(H,24,27). The number of nitrogens with one attached hydrogen (secondary N) is 1. The SMILES string of the molecule is CCCOc1ccc(Cl)cc1NC(=O)c1cccc(Cn2nc(C)cc2C)c1. The van der Waals surface area contributed by atoms with E-state index in [0.717, 1.165) is 23.4 Å². The number of amides is 1. The Morgan fingerprint density at radius 1 is 1.18 bits per heavy atom. The fourth-order valence-corrected chi connectivity index (χ4v) is 3.12. The van der Waals surface area contributed by atoms with E-state index in [1.807, 2.05) is 49.7 Å². The van der Waals surface area contributed by atoms with Crippen LogP contribution in [0.5, 0.6) is 5.75 Å². The summed E-state index contributed by atoms with van der Waals surface area (Å²) in [5.74, 6) is 0.400. The molecule has 0 unspecified atom stereocenters. The molecular weight excluding hydrogens is 374 g/mol. The molecule has 1 amide bonds. The predicted molar refractivity (Wildman–Crippen MR) is 112 cm³/mol. The van der Waals surface area contributed by atoms with E-state index in [-0.39, 0.29) is 5.91 Å². The largest absolute Gasteiger partial charge is 0.491 e. The maximum atomic E-state index is 12.8. The number of anilines is 1. The van der Waals surface area contributed by atoms with Gasteiger partial charge in [-0.15, -0.1) is 0 Å². The molecule has 1 N–H and O–H groups in total. The lowest BCUT2D eigenvalue weighted by Gasteiger charge is -2.13. The van der Waals surface area contributed by atoms with E-state index < -0.39 is 0 Å². The van der Waals surface area contributed by atoms with Gasteiger partial charge in [0.1, 0.15) is 5.75 Å². The van der Waals surface area contributed by atoms with Gasteiger partial charge in [-0.2, -0.15) is 5.10 Å². The molecule has 0 saturated carbocycles. The van der Waals surface area contributed by atoms with E-state index in [4.69, 9.17) is 16.3 Å². The molecule has 0 fully saturated rings. The zero-order valence-corrected chi connectivity index (χ0v) is 17.1. The average Bonchev–Trinajstić information content (AvgIpc) is 2.98. The third kappa shape index (κ3) is 4.93. The summed E-state index contributed by atoms with van der Waals surface area (Å²) in [7, 11) is 0. The van der Waals surface area contributed by atoms with Gasteiger partial charge in [0.25, 0.3) is 5.91 Å². The summed E-state index contributed by atoms with van der Waals surface area (Å²) in [5.41, 5.74) is 4.21. The van der Waals surface area contributed by atoms with Crippen molar-refractivity contribution in [3.05, 3.63) is 76.1 Å². The normalized spacial score (nSPS) is 10.7. The van der Waals surface area contributed by atoms with Crippen molar-refractivity contribution in [3.63, 3.8) is 0 Å². The Bertz CT molecular complexity index is 982. The molecule has 0 aliphatic heterocycles. The smallest absolute Gasteiger partial charge is 0.255 e. The summed E-state index contributed by atoms with van der Waals surface area (Å²) < 4.78 is 7.64. The molecule has 0 radical (unpaired) electrons. The monoisotopic (exact) mass is 397 g/mol. The molecule has 0 aliphatic carbocycles. The second-order valence-electron chi connectivity index (χ2n) is 6.73. The first-order valence-electron chi connectivity index (χ1n) is 9.30. The molecule has 0 aliphatic rings. The van der Waals surface area contributed by atoms with Gasteiger partial charge in [0.15, 0.2) is 0 Å². The van der Waals surface area contributed by atoms with Gasteiger partial charge >= 0.3 is 0 Å². The summed E-state index contributed by atoms with van der Waals surface area (Å²) in [6.07, 6.45) is 0.879. The lowest BCUT2D eigenvalue weighted by atomic mass is 10.1. The van der Waals surface area contributed by atoms with E-state index >= 15 is 0 Å². The van der Waals surface area contributed by atoms with E-state index in [0.29, 0.717) is 35.2 Å². The minimum atomic E-state index is -0.209. The Hall–Kier alpha value is -2.79. The van der Waals surface area contributed by atoms with Crippen LogP contribution in [-0.4, -0.2) is 22.3 Å². The van der Waals surface area contributed by atoms with Crippen molar-refractivity contribution < 1.29 is 9.53 Å². The molecule has 2 aromatic carbocycles. The molecule has 0 saturated heterocycles. The van der Waals surface area contributed by atoms with Gasteiger partial charge in [0.05, 0.1) is 24.5 Å². The van der Waals surface area contributed by atoms with Crippen LogP contribution in [0.25, 0.3) is 0 Å². The first kappa shape index (κ1) is 20.0. The zero-order chi connectivity index (χ0) is 20.1. The van der Waals surface area contributed by atoms with Crippen molar-refractivity contribution in [3.8, 4) is 5.75 Å². The number of nitrogens with zero attached hydrogens (tertiary/aromatic N) is 2. The third-order valence-electron chi connectivity index (χ3n) is 4.28. The van der Waals surface area contributed by atoms with Gasteiger partial charge in [0, 0.05) is 16.3 Å². The molecule has 1 heterocycles. The van der Waals surface area contributed by atoms with Gasteiger partial charge < -0.3 is 10.1 Å². The zero-order valence-electron chi connectivity index (χ0n) is 16.3. The van der Waals surface area contributed by atoms with E-state index in [1.165, 1.54) is 0 Å². The molecule has 5 nitrogen and oxygen atoms in total. The van der Waals surface area contributed by atoms with Crippen molar-refractivity contribution in [2.24, 2.45) is 0 Å². The summed E-state index contributed by atoms with van der Waals surface area (Å²) in [6.45, 7) is 7.21. The number of benzene rings is 2. The van der Waals surface area contributed by atoms with Crippen LogP contribution in [0.4, 0.5) is 5.69 Å². The van der Waals surface area contributed by atoms with Crippen molar-refractivity contribution in [1.82, 2.24) is 9.78 Å². The highest BCUT2D eigenvalue weighted by molar-refractivity contribution is 6.31. The first-order chi connectivity index (χ1) is 13.5. The second kappa shape index (κ2) is 8.93. The fraction of sp³-hybridized carbons (Fsp3) is 0.273. The van der Waals surface area contributed by atoms with E-state index in [1.54, 1.807) is 24.3 Å². The number of aromatic nitrogens is 2. The highest BCUT2D eigenvalue weighted by Gasteiger charge is 2.12. The van der Waals surface area contributed by atoms with Crippen LogP contribution < -0.4 is 10.1 Å². The van der Waals surface area contributed by atoms with Crippen LogP contribution in [0.15, 0.2) is 48.5 Å². The second-order valence-corrected chi connectivity index (χ2v) is 7.16. The number of carbonyl (C=O) groups is 1. The molecule has 0 spiro atoms. The predicted octanol–water partition coefficient (Wildman–Crippen LogP) is 5.24. The van der Waals surface area contributed by atoms with Crippen LogP contribution in [0.3, 0.4) is 0 Å². The number of rotatable bonds is 7. The maximum absolute atomic E-state index is 12.8. The third-order valence-corrected chi connectivity index (χ3v) is 4.51. The van der Waals surface area contributed by atoms with E-state index in [9.17, 15) is 4.79 Å². The lowest BCUT2D eigenvalue weighted by Crippen LogP contribution is -2.14. The van der Waals surface area contributed by atoms with Crippen molar-refractivity contribution in [2.45, 2.75) is 33.7 Å². The van der Waals surface area contributed by atoms with Gasteiger partial charge in [-0.1, -0.05) is 30.7 Å². The Balaban J connectivity index is 1.78. The van der Waals surface area contributed by atoms with Crippen molar-refractivity contribution >= 4 is 23.2 Å². The highest BCUT2D eigenvalue weighted by Crippen LogP contribution is 2.28. The Kier molecular flexibility index (Phi) is 6.37. The minimum absolute atomic E-state index is 0.209. The molecular formula is C22H24ClN3O2. The molecule has 0 bridgehead atoms. The number of ether oxygens (including phenoxy) is 1. The van der Waals surface area contributed by atoms with Gasteiger partial charge in [-0.25, -0.2) is 0 Å². The molecule has 6 heteroatoms. The van der Waals surface area contributed by atoms with Crippen LogP contribution in [0.1, 0.15) is 40.7 Å². The fourth-order valence-electron chi connectivity index (χ4n) is 2.95. The minimum Gasteiger partial charge on any atom is -0.491 e. The molecule has 3 aromatic rings. The number of hydrogen-bond donors (Lipinski definition) is 1. The summed E-state index contributed by atoms with van der Waals surface area (Å²) in [5, 5.41) is 7.93. The van der Waals surface area contributed by atoms with Crippen molar-refractivity contribution in [2.75, 3.05) is 11.9 Å². The lowest BCUT2D eigenvalue weighted by molar-refractivity contribution is 0.102. The Morgan fingerprint density at radius 3 is 2.71 bits per heavy atom. The summed E-state index contributed by atoms with van der Waals surface area (Å²) >= 11 is 6.10. The number of carbonyl (C=O) groups excluding carboxylic acids is 1. The van der Waals surface area contributed by atoms with Crippen LogP contribution in [0.2, 0.25) is 5.02 Å². The average molecular weight is 398 g/mol. The summed E-state index contributed by atoms with van der Waals surface area (Å²) in [6, 6.07) is 14.8. The number of hydrogen-bond acceptors (Lipinski definition) is 3. The highest BCUT2D eigenvalue weighted by atomic mass is 35.5.